The highest BCUT2D eigenvalue weighted by Gasteiger charge is 2.32. The van der Waals surface area contributed by atoms with E-state index in [0.29, 0.717) is 5.56 Å². The molecule has 0 aliphatic heterocycles. The zero-order valence-corrected chi connectivity index (χ0v) is 13.0. The number of anilines is 1. The van der Waals surface area contributed by atoms with Gasteiger partial charge in [-0.3, -0.25) is 9.59 Å². The fourth-order valence-electron chi connectivity index (χ4n) is 2.22. The number of carbonyl (C=O) groups excluding carboxylic acids is 2. The zero-order valence-electron chi connectivity index (χ0n) is 13.0. The first kappa shape index (κ1) is 17.7. The molecule has 0 fully saturated rings. The van der Waals surface area contributed by atoms with Crippen LogP contribution >= 0.6 is 0 Å². The van der Waals surface area contributed by atoms with Crippen molar-refractivity contribution < 1.29 is 22.8 Å². The maximum atomic E-state index is 12.9. The molecule has 0 aliphatic rings. The van der Waals surface area contributed by atoms with Crippen LogP contribution in [0.2, 0.25) is 0 Å². The van der Waals surface area contributed by atoms with E-state index in [1.54, 1.807) is 30.3 Å². The number of hydrogen-bond donors (Lipinski definition) is 1. The Hall–Kier alpha value is -2.63. The first-order valence-electron chi connectivity index (χ1n) is 7.33. The van der Waals surface area contributed by atoms with Gasteiger partial charge in [-0.15, -0.1) is 0 Å². The molecule has 126 valence electrons. The fourth-order valence-corrected chi connectivity index (χ4v) is 2.22. The molecule has 2 aromatic rings. The molecule has 0 saturated carbocycles. The molecule has 6 heteroatoms. The second-order valence-electron chi connectivity index (χ2n) is 5.36. The van der Waals surface area contributed by atoms with E-state index in [1.165, 1.54) is 19.1 Å². The molecule has 0 aromatic heterocycles. The molecular formula is C18H16F3NO2. The van der Waals surface area contributed by atoms with Crippen LogP contribution in [0.5, 0.6) is 0 Å². The number of carbonyl (C=O) groups is 2. The van der Waals surface area contributed by atoms with E-state index in [1.807, 2.05) is 0 Å². The van der Waals surface area contributed by atoms with E-state index in [0.717, 1.165) is 6.07 Å². The number of benzene rings is 2. The third-order valence-electron chi connectivity index (χ3n) is 3.50. The molecule has 0 radical (unpaired) electrons. The monoisotopic (exact) mass is 335 g/mol. The first-order chi connectivity index (χ1) is 11.3. The Kier molecular flexibility index (Phi) is 5.39. The lowest BCUT2D eigenvalue weighted by Crippen LogP contribution is -2.15. The summed E-state index contributed by atoms with van der Waals surface area (Å²) in [5, 5.41) is 2.40. The summed E-state index contributed by atoms with van der Waals surface area (Å²) in [4.78, 5) is 23.8. The van der Waals surface area contributed by atoms with Crippen LogP contribution in [-0.2, 0) is 11.0 Å². The number of rotatable bonds is 5. The number of alkyl halides is 3. The summed E-state index contributed by atoms with van der Waals surface area (Å²) in [6.07, 6.45) is -4.58. The van der Waals surface area contributed by atoms with Gasteiger partial charge in [-0.1, -0.05) is 36.4 Å². The van der Waals surface area contributed by atoms with Crippen molar-refractivity contribution in [2.24, 2.45) is 0 Å². The minimum absolute atomic E-state index is 0.00612. The molecule has 1 amide bonds. The van der Waals surface area contributed by atoms with Crippen molar-refractivity contribution in [3.63, 3.8) is 0 Å². The predicted molar refractivity (Wildman–Crippen MR) is 84.8 cm³/mol. The fraction of sp³-hybridized carbons (Fsp3) is 0.222. The molecule has 0 aliphatic carbocycles. The quantitative estimate of drug-likeness (QED) is 0.811. The van der Waals surface area contributed by atoms with E-state index in [2.05, 4.69) is 5.32 Å². The minimum Gasteiger partial charge on any atom is -0.326 e. The molecule has 0 saturated heterocycles. The summed E-state index contributed by atoms with van der Waals surface area (Å²) in [5.41, 5.74) is -0.148. The normalized spacial score (nSPS) is 11.2. The highest BCUT2D eigenvalue weighted by molar-refractivity contribution is 6.00. The molecule has 0 bridgehead atoms. The Morgan fingerprint density at radius 3 is 2.29 bits per heavy atom. The van der Waals surface area contributed by atoms with E-state index < -0.39 is 17.6 Å². The van der Waals surface area contributed by atoms with E-state index >= 15 is 0 Å². The van der Waals surface area contributed by atoms with Gasteiger partial charge in [0.05, 0.1) is 5.56 Å². The maximum absolute atomic E-state index is 12.9. The van der Waals surface area contributed by atoms with Gasteiger partial charge in [0.15, 0.2) is 5.78 Å². The van der Waals surface area contributed by atoms with Crippen LogP contribution in [-0.4, -0.2) is 11.7 Å². The summed E-state index contributed by atoms with van der Waals surface area (Å²) in [7, 11) is 0. The number of nitrogens with one attached hydrogen (secondary N) is 1. The largest absolute Gasteiger partial charge is 0.416 e. The van der Waals surface area contributed by atoms with Crippen LogP contribution < -0.4 is 5.32 Å². The van der Waals surface area contributed by atoms with Gasteiger partial charge < -0.3 is 5.32 Å². The summed E-state index contributed by atoms with van der Waals surface area (Å²) >= 11 is 0. The number of Topliss-reactive ketones (excluding diaryl/α,β-unsaturated/α-hetero) is 1. The number of hydrogen-bond acceptors (Lipinski definition) is 2. The summed E-state index contributed by atoms with van der Waals surface area (Å²) in [6, 6.07) is 12.1. The molecule has 1 N–H and O–H groups in total. The van der Waals surface area contributed by atoms with Gasteiger partial charge in [0.25, 0.3) is 0 Å². The average Bonchev–Trinajstić information content (AvgIpc) is 2.54. The summed E-state index contributed by atoms with van der Waals surface area (Å²) in [6.45, 7) is 1.35. The Morgan fingerprint density at radius 2 is 1.67 bits per heavy atom. The zero-order chi connectivity index (χ0) is 17.7. The van der Waals surface area contributed by atoms with Crippen molar-refractivity contribution in [3.8, 4) is 0 Å². The van der Waals surface area contributed by atoms with Crippen LogP contribution in [0.3, 0.4) is 0 Å². The van der Waals surface area contributed by atoms with Crippen molar-refractivity contribution in [3.05, 3.63) is 65.2 Å². The predicted octanol–water partition coefficient (Wildman–Crippen LogP) is 4.62. The van der Waals surface area contributed by atoms with Gasteiger partial charge >= 0.3 is 6.18 Å². The molecule has 2 aromatic carbocycles. The van der Waals surface area contributed by atoms with Crippen LogP contribution in [0.1, 0.15) is 34.3 Å². The molecule has 0 atom stereocenters. The Labute approximate surface area is 137 Å². The van der Waals surface area contributed by atoms with Crippen LogP contribution in [0.4, 0.5) is 18.9 Å². The molecule has 0 spiro atoms. The second-order valence-corrected chi connectivity index (χ2v) is 5.36. The average molecular weight is 335 g/mol. The smallest absolute Gasteiger partial charge is 0.326 e. The number of halogens is 3. The molecular weight excluding hydrogens is 319 g/mol. The number of ketones is 1. The highest BCUT2D eigenvalue weighted by Crippen LogP contribution is 2.33. The van der Waals surface area contributed by atoms with Crippen LogP contribution in [0.15, 0.2) is 48.5 Å². The third-order valence-corrected chi connectivity index (χ3v) is 3.50. The van der Waals surface area contributed by atoms with Crippen molar-refractivity contribution >= 4 is 17.4 Å². The summed E-state index contributed by atoms with van der Waals surface area (Å²) in [5.74, 6) is -0.693. The van der Waals surface area contributed by atoms with Crippen molar-refractivity contribution in [2.45, 2.75) is 25.9 Å². The molecule has 2 rings (SSSR count). The molecule has 24 heavy (non-hydrogen) atoms. The van der Waals surface area contributed by atoms with Crippen molar-refractivity contribution in [2.75, 3.05) is 5.32 Å². The van der Waals surface area contributed by atoms with Crippen molar-refractivity contribution in [1.82, 2.24) is 0 Å². The molecule has 0 unspecified atom stereocenters. The Morgan fingerprint density at radius 1 is 1.00 bits per heavy atom. The Balaban J connectivity index is 1.97. The van der Waals surface area contributed by atoms with Gasteiger partial charge in [-0.2, -0.15) is 13.2 Å². The lowest BCUT2D eigenvalue weighted by atomic mass is 10.1. The highest BCUT2D eigenvalue weighted by atomic mass is 19.4. The van der Waals surface area contributed by atoms with Crippen molar-refractivity contribution in [1.29, 1.82) is 0 Å². The van der Waals surface area contributed by atoms with Gasteiger partial charge in [0.2, 0.25) is 5.91 Å². The Bertz CT molecular complexity index is 740. The van der Waals surface area contributed by atoms with E-state index in [9.17, 15) is 22.8 Å². The minimum atomic E-state index is -4.48. The lowest BCUT2D eigenvalue weighted by Gasteiger charge is -2.12. The SMILES string of the molecule is Cc1ccc(NC(=O)CCC(=O)c2ccccc2)cc1C(F)(F)F. The van der Waals surface area contributed by atoms with E-state index in [4.69, 9.17) is 0 Å². The van der Waals surface area contributed by atoms with Crippen LogP contribution in [0.25, 0.3) is 0 Å². The number of aryl methyl sites for hydroxylation is 1. The third kappa shape index (κ3) is 4.68. The van der Waals surface area contributed by atoms with Crippen LogP contribution in [0, 0.1) is 6.92 Å². The van der Waals surface area contributed by atoms with Gasteiger partial charge in [-0.05, 0) is 24.6 Å². The summed E-state index contributed by atoms with van der Waals surface area (Å²) < 4.78 is 38.6. The van der Waals surface area contributed by atoms with Gasteiger partial charge in [0.1, 0.15) is 0 Å². The van der Waals surface area contributed by atoms with Gasteiger partial charge in [-0.25, -0.2) is 0 Å². The second kappa shape index (κ2) is 7.29. The standard InChI is InChI=1S/C18H16F3NO2/c1-12-7-8-14(11-15(12)18(19,20)21)22-17(24)10-9-16(23)13-5-3-2-4-6-13/h2-8,11H,9-10H2,1H3,(H,22,24). The molecule has 0 heterocycles. The lowest BCUT2D eigenvalue weighted by molar-refractivity contribution is -0.138. The first-order valence-corrected chi connectivity index (χ1v) is 7.33. The van der Waals surface area contributed by atoms with Gasteiger partial charge in [0, 0.05) is 24.1 Å². The molecule has 3 nitrogen and oxygen atoms in total. The number of amides is 1. The topological polar surface area (TPSA) is 46.2 Å². The van der Waals surface area contributed by atoms with E-state index in [-0.39, 0.29) is 29.9 Å². The maximum Gasteiger partial charge on any atom is 0.416 e.